The number of aliphatic carboxylic acids is 1. The van der Waals surface area contributed by atoms with Crippen LogP contribution in [0.25, 0.3) is 0 Å². The quantitative estimate of drug-likeness (QED) is 0.390. The van der Waals surface area contributed by atoms with E-state index in [-0.39, 0.29) is 43.0 Å². The molecule has 40 heavy (non-hydrogen) atoms. The summed E-state index contributed by atoms with van der Waals surface area (Å²) in [6, 6.07) is 13.2. The predicted octanol–water partition coefficient (Wildman–Crippen LogP) is 5.64. The maximum atomic E-state index is 14.5. The Kier molecular flexibility index (Phi) is 7.38. The molecule has 1 saturated carbocycles. The van der Waals surface area contributed by atoms with Crippen molar-refractivity contribution in [1.82, 2.24) is 15.1 Å². The van der Waals surface area contributed by atoms with Crippen molar-refractivity contribution in [2.45, 2.75) is 70.0 Å². The van der Waals surface area contributed by atoms with Gasteiger partial charge in [-0.25, -0.2) is 4.79 Å². The summed E-state index contributed by atoms with van der Waals surface area (Å²) in [4.78, 5) is 55.7. The van der Waals surface area contributed by atoms with Crippen LogP contribution in [0.5, 0.6) is 0 Å². The number of hydrogen-bond acceptors (Lipinski definition) is 4. The van der Waals surface area contributed by atoms with Gasteiger partial charge in [-0.2, -0.15) is 0 Å². The Bertz CT molecular complexity index is 1360. The molecule has 10 heteroatoms. The average Bonchev–Trinajstić information content (AvgIpc) is 3.69. The molecule has 0 bridgehead atoms. The lowest BCUT2D eigenvalue weighted by Gasteiger charge is -2.52. The van der Waals surface area contributed by atoms with Crippen LogP contribution in [-0.2, 0) is 14.4 Å². The van der Waals surface area contributed by atoms with Crippen molar-refractivity contribution >= 4 is 47.0 Å². The van der Waals surface area contributed by atoms with E-state index in [0.29, 0.717) is 10.0 Å². The number of rotatable bonds is 8. The highest BCUT2D eigenvalue weighted by molar-refractivity contribution is 6.30. The third-order valence-corrected chi connectivity index (χ3v) is 8.96. The summed E-state index contributed by atoms with van der Waals surface area (Å²) >= 11 is 12.6. The maximum Gasteiger partial charge on any atom is 0.325 e. The van der Waals surface area contributed by atoms with Crippen LogP contribution < -0.4 is 5.32 Å². The molecule has 8 nitrogen and oxygen atoms in total. The van der Waals surface area contributed by atoms with E-state index in [0.717, 1.165) is 24.0 Å². The van der Waals surface area contributed by atoms with E-state index in [2.05, 4.69) is 5.32 Å². The number of urea groups is 1. The maximum absolute atomic E-state index is 14.5. The number of halogens is 2. The van der Waals surface area contributed by atoms with Crippen LogP contribution in [0.4, 0.5) is 4.79 Å². The number of nitrogens with zero attached hydrogens (tertiary/aromatic N) is 2. The number of piperidine rings is 1. The van der Waals surface area contributed by atoms with Gasteiger partial charge in [0.25, 0.3) is 5.91 Å². The normalized spacial score (nSPS) is 27.1. The molecule has 2 heterocycles. The van der Waals surface area contributed by atoms with Crippen LogP contribution in [0, 0.1) is 11.3 Å². The molecule has 4 atom stereocenters. The number of hydrogen-bond donors (Lipinski definition) is 2. The van der Waals surface area contributed by atoms with Gasteiger partial charge in [0.05, 0.1) is 30.5 Å². The number of nitrogens with one attached hydrogen (secondary N) is 1. The molecule has 2 aromatic rings. The number of carbonyl (C=O) groups is 4. The first-order chi connectivity index (χ1) is 18.8. The Hall–Kier alpha value is -3.10. The summed E-state index contributed by atoms with van der Waals surface area (Å²) < 4.78 is 0. The van der Waals surface area contributed by atoms with Crippen molar-refractivity contribution in [2.24, 2.45) is 11.3 Å². The van der Waals surface area contributed by atoms with Gasteiger partial charge in [-0.1, -0.05) is 54.4 Å². The fourth-order valence-electron chi connectivity index (χ4n) is 6.36. The molecule has 5 rings (SSSR count). The zero-order valence-electron chi connectivity index (χ0n) is 22.7. The van der Waals surface area contributed by atoms with Gasteiger partial charge in [0, 0.05) is 16.0 Å². The number of amides is 4. The number of carboxylic acid groups (broad SMARTS) is 1. The minimum Gasteiger partial charge on any atom is -0.481 e. The first-order valence-electron chi connectivity index (χ1n) is 13.5. The summed E-state index contributed by atoms with van der Waals surface area (Å²) in [7, 11) is 0. The van der Waals surface area contributed by atoms with Crippen molar-refractivity contribution < 1.29 is 24.3 Å². The number of likely N-dealkylation sites (tertiary alicyclic amines) is 1. The van der Waals surface area contributed by atoms with Crippen LogP contribution >= 0.6 is 23.2 Å². The second kappa shape index (κ2) is 10.4. The van der Waals surface area contributed by atoms with Gasteiger partial charge in [-0.3, -0.25) is 19.3 Å². The molecule has 0 aromatic heterocycles. The summed E-state index contributed by atoms with van der Waals surface area (Å²) in [5, 5.41) is 13.7. The first-order valence-corrected chi connectivity index (χ1v) is 14.3. The van der Waals surface area contributed by atoms with Gasteiger partial charge in [0.15, 0.2) is 0 Å². The molecule has 0 radical (unpaired) electrons. The van der Waals surface area contributed by atoms with Crippen molar-refractivity contribution in [3.8, 4) is 0 Å². The van der Waals surface area contributed by atoms with Crippen LogP contribution in [0.15, 0.2) is 48.5 Å². The van der Waals surface area contributed by atoms with E-state index < -0.39 is 35.0 Å². The van der Waals surface area contributed by atoms with Crippen LogP contribution in [0.3, 0.4) is 0 Å². The van der Waals surface area contributed by atoms with E-state index >= 15 is 0 Å². The standard InChI is InChI=1S/C30H33Cl2N3O5/c1-29(2)26(38)34(28(40)33-29)16-23(17-7-8-17)35-25(18-9-11-20(31)12-10-18)22(19-5-4-6-21(32)13-19)14-30(3,27(35)39)15-24(36)37/h4-6,9-13,17,22-23,25H,7-8,14-16H2,1-3H3,(H,33,40)(H,36,37)/t22-,23-,25-,30+/m1/s1. The van der Waals surface area contributed by atoms with Crippen molar-refractivity contribution in [3.05, 3.63) is 69.7 Å². The third-order valence-electron chi connectivity index (χ3n) is 8.47. The minimum atomic E-state index is -1.22. The van der Waals surface area contributed by atoms with Gasteiger partial charge in [-0.15, -0.1) is 0 Å². The Morgan fingerprint density at radius 3 is 2.23 bits per heavy atom. The second-order valence-corrected chi connectivity index (χ2v) is 13.0. The summed E-state index contributed by atoms with van der Waals surface area (Å²) in [6.07, 6.45) is 1.62. The molecule has 1 aliphatic carbocycles. The fraction of sp³-hybridized carbons (Fsp3) is 0.467. The molecule has 3 aliphatic rings. The lowest BCUT2D eigenvalue weighted by molar-refractivity contribution is -0.161. The Morgan fingerprint density at radius 1 is 1.00 bits per heavy atom. The molecule has 4 amide bonds. The molecule has 2 aliphatic heterocycles. The smallest absolute Gasteiger partial charge is 0.325 e. The molecular formula is C30H33Cl2N3O5. The van der Waals surface area contributed by atoms with Crippen LogP contribution in [0.1, 0.15) is 69.5 Å². The number of imide groups is 1. The Balaban J connectivity index is 1.67. The summed E-state index contributed by atoms with van der Waals surface area (Å²) in [5.74, 6) is -1.95. The molecule has 212 valence electrons. The molecule has 2 saturated heterocycles. The zero-order chi connectivity index (χ0) is 29.0. The average molecular weight is 587 g/mol. The van der Waals surface area contributed by atoms with Crippen LogP contribution in [0.2, 0.25) is 10.0 Å². The number of carbonyl (C=O) groups excluding carboxylic acids is 3. The zero-order valence-corrected chi connectivity index (χ0v) is 24.2. The van der Waals surface area contributed by atoms with E-state index in [1.165, 1.54) is 4.90 Å². The highest BCUT2D eigenvalue weighted by atomic mass is 35.5. The molecule has 3 fully saturated rings. The third kappa shape index (κ3) is 5.31. The van der Waals surface area contributed by atoms with E-state index in [1.807, 2.05) is 30.3 Å². The Labute approximate surface area is 243 Å². The van der Waals surface area contributed by atoms with E-state index in [4.69, 9.17) is 23.2 Å². The molecule has 0 unspecified atom stereocenters. The lowest BCUT2D eigenvalue weighted by Crippen LogP contribution is -2.59. The largest absolute Gasteiger partial charge is 0.481 e. The summed E-state index contributed by atoms with van der Waals surface area (Å²) in [5.41, 5.74) is -0.547. The predicted molar refractivity (Wildman–Crippen MR) is 151 cm³/mol. The summed E-state index contributed by atoms with van der Waals surface area (Å²) in [6.45, 7) is 5.04. The lowest BCUT2D eigenvalue weighted by atomic mass is 9.67. The van der Waals surface area contributed by atoms with Gasteiger partial charge in [0.2, 0.25) is 5.91 Å². The fourth-order valence-corrected chi connectivity index (χ4v) is 6.69. The highest BCUT2D eigenvalue weighted by Crippen LogP contribution is 2.54. The Morgan fingerprint density at radius 2 is 1.68 bits per heavy atom. The van der Waals surface area contributed by atoms with Crippen molar-refractivity contribution in [2.75, 3.05) is 6.54 Å². The number of carboxylic acids is 1. The van der Waals surface area contributed by atoms with Crippen LogP contribution in [-0.4, -0.2) is 56.8 Å². The molecular weight excluding hydrogens is 553 g/mol. The SMILES string of the molecule is CC1(C)NC(=O)N(C[C@H](C2CC2)N2C(=O)[C@](C)(CC(=O)O)C[C@H](c3cccc(Cl)c3)[C@H]2c2ccc(Cl)cc2)C1=O. The minimum absolute atomic E-state index is 0.0278. The topological polar surface area (TPSA) is 107 Å². The first kappa shape index (κ1) is 28.4. The highest BCUT2D eigenvalue weighted by Gasteiger charge is 2.56. The van der Waals surface area contributed by atoms with Gasteiger partial charge >= 0.3 is 12.0 Å². The van der Waals surface area contributed by atoms with Gasteiger partial charge in [0.1, 0.15) is 5.54 Å². The van der Waals surface area contributed by atoms with E-state index in [1.54, 1.807) is 43.9 Å². The van der Waals surface area contributed by atoms with Gasteiger partial charge in [-0.05, 0) is 74.4 Å². The molecule has 2 N–H and O–H groups in total. The van der Waals surface area contributed by atoms with Gasteiger partial charge < -0.3 is 15.3 Å². The number of benzene rings is 2. The molecule has 0 spiro atoms. The van der Waals surface area contributed by atoms with E-state index in [9.17, 15) is 24.3 Å². The monoisotopic (exact) mass is 585 g/mol. The van der Waals surface area contributed by atoms with Crippen molar-refractivity contribution in [1.29, 1.82) is 0 Å². The second-order valence-electron chi connectivity index (χ2n) is 12.1. The van der Waals surface area contributed by atoms with Crippen molar-refractivity contribution in [3.63, 3.8) is 0 Å². The molecule has 2 aromatic carbocycles.